The van der Waals surface area contributed by atoms with Gasteiger partial charge >= 0.3 is 0 Å². The van der Waals surface area contributed by atoms with Crippen LogP contribution >= 0.6 is 23.2 Å². The van der Waals surface area contributed by atoms with E-state index in [9.17, 15) is 0 Å². The Morgan fingerprint density at radius 2 is 2.00 bits per heavy atom. The zero-order valence-corrected chi connectivity index (χ0v) is 13.6. The second-order valence-electron chi connectivity index (χ2n) is 5.25. The molecule has 0 aliphatic heterocycles. The van der Waals surface area contributed by atoms with Crippen molar-refractivity contribution in [2.45, 2.75) is 19.3 Å². The molecule has 0 bridgehead atoms. The van der Waals surface area contributed by atoms with Gasteiger partial charge in [0.1, 0.15) is 5.69 Å². The number of unbranched alkanes of at least 4 members (excludes halogenated alkanes) is 1. The number of pyridine rings is 1. The Morgan fingerprint density at radius 3 is 2.77 bits per heavy atom. The zero-order chi connectivity index (χ0) is 15.5. The first kappa shape index (κ1) is 15.3. The van der Waals surface area contributed by atoms with Crippen molar-refractivity contribution >= 4 is 34.1 Å². The molecule has 114 valence electrons. The maximum Gasteiger partial charge on any atom is 0.105 e. The van der Waals surface area contributed by atoms with Crippen molar-refractivity contribution in [3.05, 3.63) is 52.1 Å². The van der Waals surface area contributed by atoms with Gasteiger partial charge in [0, 0.05) is 22.1 Å². The van der Waals surface area contributed by atoms with Gasteiger partial charge in [0.05, 0.1) is 10.7 Å². The van der Waals surface area contributed by atoms with E-state index < -0.39 is 0 Å². The lowest BCUT2D eigenvalue weighted by Gasteiger charge is -2.06. The first-order valence-corrected chi connectivity index (χ1v) is 8.07. The minimum Gasteiger partial charge on any atom is -0.353 e. The van der Waals surface area contributed by atoms with Crippen LogP contribution in [0.1, 0.15) is 18.4 Å². The van der Waals surface area contributed by atoms with Crippen LogP contribution in [0.25, 0.3) is 22.3 Å². The van der Waals surface area contributed by atoms with E-state index in [-0.39, 0.29) is 0 Å². The number of nitrogens with two attached hydrogens (primary N) is 1. The van der Waals surface area contributed by atoms with Crippen molar-refractivity contribution < 1.29 is 0 Å². The molecule has 2 aromatic heterocycles. The van der Waals surface area contributed by atoms with Crippen molar-refractivity contribution in [1.29, 1.82) is 0 Å². The summed E-state index contributed by atoms with van der Waals surface area (Å²) >= 11 is 12.5. The van der Waals surface area contributed by atoms with Crippen LogP contribution in [-0.2, 0) is 6.42 Å². The Morgan fingerprint density at radius 1 is 1.14 bits per heavy atom. The fourth-order valence-corrected chi connectivity index (χ4v) is 3.09. The molecule has 0 spiro atoms. The molecular weight excluding hydrogens is 317 g/mol. The van der Waals surface area contributed by atoms with Gasteiger partial charge in [-0.3, -0.25) is 4.98 Å². The summed E-state index contributed by atoms with van der Waals surface area (Å²) in [6.45, 7) is 0.697. The second kappa shape index (κ2) is 6.69. The molecule has 5 heteroatoms. The molecule has 0 saturated carbocycles. The minimum atomic E-state index is 0.639. The Bertz CT molecular complexity index is 796. The van der Waals surface area contributed by atoms with Crippen LogP contribution in [0.15, 0.2) is 36.5 Å². The molecule has 3 rings (SSSR count). The topological polar surface area (TPSA) is 54.7 Å². The van der Waals surface area contributed by atoms with Crippen LogP contribution in [0.4, 0.5) is 0 Å². The highest BCUT2D eigenvalue weighted by Gasteiger charge is 2.16. The molecule has 0 aliphatic rings. The normalized spacial score (nSPS) is 11.2. The monoisotopic (exact) mass is 333 g/mol. The van der Waals surface area contributed by atoms with Crippen LogP contribution in [-0.4, -0.2) is 16.5 Å². The number of nitrogens with one attached hydrogen (secondary N) is 1. The number of halogens is 2. The standard InChI is InChI=1S/C17H17Cl2N3/c18-11-6-7-15-13(10-11)12(4-1-2-8-20)16(22-15)17-14(19)5-3-9-21-17/h3,5-7,9-10,22H,1-2,4,8,20H2. The summed E-state index contributed by atoms with van der Waals surface area (Å²) in [6, 6.07) is 9.55. The van der Waals surface area contributed by atoms with Gasteiger partial charge in [-0.05, 0) is 61.7 Å². The SMILES string of the molecule is NCCCCc1c(-c2ncccc2Cl)[nH]c2ccc(Cl)cc12. The van der Waals surface area contributed by atoms with E-state index in [2.05, 4.69) is 9.97 Å². The highest BCUT2D eigenvalue weighted by Crippen LogP contribution is 2.34. The second-order valence-corrected chi connectivity index (χ2v) is 6.09. The lowest BCUT2D eigenvalue weighted by atomic mass is 10.0. The maximum absolute atomic E-state index is 6.32. The van der Waals surface area contributed by atoms with Gasteiger partial charge < -0.3 is 10.7 Å². The minimum absolute atomic E-state index is 0.639. The number of hydrogen-bond acceptors (Lipinski definition) is 2. The predicted molar refractivity (Wildman–Crippen MR) is 93.5 cm³/mol. The summed E-state index contributed by atoms with van der Waals surface area (Å²) in [6.07, 6.45) is 4.68. The largest absolute Gasteiger partial charge is 0.353 e. The van der Waals surface area contributed by atoms with Gasteiger partial charge in [0.25, 0.3) is 0 Å². The van der Waals surface area contributed by atoms with Gasteiger partial charge in [0.2, 0.25) is 0 Å². The van der Waals surface area contributed by atoms with Crippen molar-refractivity contribution in [2.75, 3.05) is 6.54 Å². The molecule has 1 aromatic carbocycles. The summed E-state index contributed by atoms with van der Waals surface area (Å²) in [7, 11) is 0. The first-order valence-electron chi connectivity index (χ1n) is 7.31. The van der Waals surface area contributed by atoms with E-state index in [1.54, 1.807) is 6.20 Å². The first-order chi connectivity index (χ1) is 10.7. The summed E-state index contributed by atoms with van der Waals surface area (Å²) in [5.74, 6) is 0. The number of rotatable bonds is 5. The van der Waals surface area contributed by atoms with Crippen molar-refractivity contribution in [2.24, 2.45) is 5.73 Å². The smallest absolute Gasteiger partial charge is 0.105 e. The number of fused-ring (bicyclic) bond motifs is 1. The molecule has 0 radical (unpaired) electrons. The number of H-pyrrole nitrogens is 1. The Labute approximate surface area is 139 Å². The molecule has 3 aromatic rings. The number of nitrogens with zero attached hydrogens (tertiary/aromatic N) is 1. The highest BCUT2D eigenvalue weighted by atomic mass is 35.5. The van der Waals surface area contributed by atoms with Gasteiger partial charge in [-0.25, -0.2) is 0 Å². The number of aryl methyl sites for hydroxylation is 1. The molecule has 0 atom stereocenters. The fourth-order valence-electron chi connectivity index (χ4n) is 2.70. The Kier molecular flexibility index (Phi) is 4.67. The molecule has 0 amide bonds. The van der Waals surface area contributed by atoms with Crippen molar-refractivity contribution in [1.82, 2.24) is 9.97 Å². The zero-order valence-electron chi connectivity index (χ0n) is 12.1. The Balaban J connectivity index is 2.15. The molecule has 0 saturated heterocycles. The molecule has 0 unspecified atom stereocenters. The van der Waals surface area contributed by atoms with Crippen LogP contribution in [0, 0.1) is 0 Å². The molecule has 0 fully saturated rings. The van der Waals surface area contributed by atoms with Gasteiger partial charge in [-0.2, -0.15) is 0 Å². The number of aromatic nitrogens is 2. The number of benzene rings is 1. The average molecular weight is 334 g/mol. The molecule has 3 nitrogen and oxygen atoms in total. The van der Waals surface area contributed by atoms with Crippen molar-refractivity contribution in [3.8, 4) is 11.4 Å². The summed E-state index contributed by atoms with van der Waals surface area (Å²) < 4.78 is 0. The maximum atomic E-state index is 6.32. The van der Waals surface area contributed by atoms with E-state index in [0.717, 1.165) is 46.6 Å². The van der Waals surface area contributed by atoms with Crippen LogP contribution in [0.3, 0.4) is 0 Å². The van der Waals surface area contributed by atoms with E-state index in [4.69, 9.17) is 28.9 Å². The van der Waals surface area contributed by atoms with Crippen LogP contribution < -0.4 is 5.73 Å². The lowest BCUT2D eigenvalue weighted by molar-refractivity contribution is 0.748. The van der Waals surface area contributed by atoms with Gasteiger partial charge in [-0.1, -0.05) is 23.2 Å². The van der Waals surface area contributed by atoms with Crippen LogP contribution in [0.2, 0.25) is 10.0 Å². The summed E-state index contributed by atoms with van der Waals surface area (Å²) in [4.78, 5) is 7.87. The third-order valence-electron chi connectivity index (χ3n) is 3.74. The van der Waals surface area contributed by atoms with Crippen LogP contribution in [0.5, 0.6) is 0 Å². The number of hydrogen-bond donors (Lipinski definition) is 2. The Hall–Kier alpha value is -1.55. The molecule has 3 N–H and O–H groups in total. The lowest BCUT2D eigenvalue weighted by Crippen LogP contribution is -1.99. The van der Waals surface area contributed by atoms with E-state index in [0.29, 0.717) is 11.6 Å². The summed E-state index contributed by atoms with van der Waals surface area (Å²) in [5, 5.41) is 2.49. The van der Waals surface area contributed by atoms with Gasteiger partial charge in [-0.15, -0.1) is 0 Å². The molecular formula is C17H17Cl2N3. The number of aromatic amines is 1. The molecule has 22 heavy (non-hydrogen) atoms. The quantitative estimate of drug-likeness (QED) is 0.657. The third-order valence-corrected chi connectivity index (χ3v) is 4.28. The van der Waals surface area contributed by atoms with Gasteiger partial charge in [0.15, 0.2) is 0 Å². The fraction of sp³-hybridized carbons (Fsp3) is 0.235. The molecule has 0 aliphatic carbocycles. The van der Waals surface area contributed by atoms with Crippen molar-refractivity contribution in [3.63, 3.8) is 0 Å². The highest BCUT2D eigenvalue weighted by molar-refractivity contribution is 6.33. The average Bonchev–Trinajstić information content (AvgIpc) is 2.86. The molecule has 2 heterocycles. The van der Waals surface area contributed by atoms with E-state index >= 15 is 0 Å². The third kappa shape index (κ3) is 2.98. The predicted octanol–water partition coefficient (Wildman–Crippen LogP) is 4.82. The van der Waals surface area contributed by atoms with E-state index in [1.165, 1.54) is 5.56 Å². The van der Waals surface area contributed by atoms with E-state index in [1.807, 2.05) is 30.3 Å². The summed E-state index contributed by atoms with van der Waals surface area (Å²) in [5.41, 5.74) is 9.61.